The van der Waals surface area contributed by atoms with Crippen LogP contribution >= 0.6 is 0 Å². The number of rotatable bonds is 6. The molecule has 0 aromatic carbocycles. The van der Waals surface area contributed by atoms with Gasteiger partial charge in [-0.2, -0.15) is 0 Å². The number of nitrogens with one attached hydrogen (secondary N) is 1. The summed E-state index contributed by atoms with van der Waals surface area (Å²) in [5.41, 5.74) is -1.47. The molecule has 23 heavy (non-hydrogen) atoms. The molecule has 0 saturated heterocycles. The van der Waals surface area contributed by atoms with Crippen molar-refractivity contribution in [1.82, 2.24) is 10.4 Å². The van der Waals surface area contributed by atoms with Crippen molar-refractivity contribution in [2.45, 2.75) is 73.5 Å². The molecule has 0 radical (unpaired) electrons. The van der Waals surface area contributed by atoms with E-state index in [9.17, 15) is 9.59 Å². The zero-order chi connectivity index (χ0) is 17.4. The van der Waals surface area contributed by atoms with E-state index in [0.29, 0.717) is 11.6 Å². The third-order valence-corrected chi connectivity index (χ3v) is 2.04. The van der Waals surface area contributed by atoms with E-state index in [2.05, 4.69) is 5.32 Å². The van der Waals surface area contributed by atoms with E-state index in [-0.39, 0.29) is 14.0 Å². The van der Waals surface area contributed by atoms with Crippen molar-refractivity contribution >= 4 is 12.2 Å². The molecule has 138 valence electrons. The molecule has 0 aromatic rings. The monoisotopic (exact) mass is 334 g/mol. The molecule has 0 heterocycles. The van der Waals surface area contributed by atoms with E-state index in [0.717, 1.165) is 13.0 Å². The summed E-state index contributed by atoms with van der Waals surface area (Å²) in [6, 6.07) is 0. The van der Waals surface area contributed by atoms with Gasteiger partial charge in [0, 0.05) is 6.54 Å². The average Bonchev–Trinajstić information content (AvgIpc) is 2.28. The fraction of sp³-hybridized carbons (Fsp3) is 0.875. The molecule has 0 aliphatic rings. The lowest BCUT2D eigenvalue weighted by Gasteiger charge is -2.27. The molecule has 7 nitrogen and oxygen atoms in total. The highest BCUT2D eigenvalue weighted by Gasteiger charge is 2.32. The molecule has 2 amide bonds. The third-order valence-electron chi connectivity index (χ3n) is 2.04. The highest BCUT2D eigenvalue weighted by atomic mass is 16.8. The van der Waals surface area contributed by atoms with E-state index >= 15 is 0 Å². The number of hydrogen-bond donors (Lipinski definition) is 1. The molecule has 1 N–H and O–H groups in total. The van der Waals surface area contributed by atoms with Crippen LogP contribution in [-0.2, 0) is 14.3 Å². The van der Waals surface area contributed by atoms with Crippen LogP contribution in [0.1, 0.15) is 62.3 Å². The second-order valence-electron chi connectivity index (χ2n) is 6.84. The van der Waals surface area contributed by atoms with Gasteiger partial charge in [0.15, 0.2) is 0 Å². The van der Waals surface area contributed by atoms with Crippen molar-refractivity contribution in [1.29, 1.82) is 0 Å². The van der Waals surface area contributed by atoms with Crippen molar-refractivity contribution in [3.63, 3.8) is 0 Å². The smallest absolute Gasteiger partial charge is 0.442 e. The fourth-order valence-electron chi connectivity index (χ4n) is 1.30. The second-order valence-corrected chi connectivity index (χ2v) is 6.84. The minimum Gasteiger partial charge on any atom is -0.442 e. The summed E-state index contributed by atoms with van der Waals surface area (Å²) in [5, 5.41) is 3.64. The summed E-state index contributed by atoms with van der Waals surface area (Å²) >= 11 is 0. The van der Waals surface area contributed by atoms with Crippen molar-refractivity contribution < 1.29 is 23.9 Å². The number of carbonyl (C=O) groups excluding carboxylic acids is 2. The largest absolute Gasteiger partial charge is 0.444 e. The molecule has 0 spiro atoms. The zero-order valence-corrected chi connectivity index (χ0v) is 14.8. The summed E-state index contributed by atoms with van der Waals surface area (Å²) < 4.78 is 10.3. The number of nitrogens with zero attached hydrogens (tertiary/aromatic N) is 1. The molecule has 7 heteroatoms. The molecule has 0 rings (SSSR count). The Balaban J connectivity index is 0. The van der Waals surface area contributed by atoms with E-state index in [1.165, 1.54) is 0 Å². The van der Waals surface area contributed by atoms with Crippen LogP contribution in [-0.4, -0.2) is 48.1 Å². The molecule has 0 unspecified atom stereocenters. The lowest BCUT2D eigenvalue weighted by Crippen LogP contribution is -2.44. The van der Waals surface area contributed by atoms with Gasteiger partial charge in [-0.15, -0.1) is 0 Å². The van der Waals surface area contributed by atoms with E-state index in [1.54, 1.807) is 41.5 Å². The number of amides is 2. The van der Waals surface area contributed by atoms with Crippen molar-refractivity contribution in [3.05, 3.63) is 0 Å². The van der Waals surface area contributed by atoms with Crippen molar-refractivity contribution in [2.75, 3.05) is 19.7 Å². The van der Waals surface area contributed by atoms with Crippen LogP contribution in [0.15, 0.2) is 0 Å². The Hall–Kier alpha value is -1.34. The maximum Gasteiger partial charge on any atom is 0.444 e. The van der Waals surface area contributed by atoms with Crippen LogP contribution in [0.5, 0.6) is 0 Å². The summed E-state index contributed by atoms with van der Waals surface area (Å²) in [7, 11) is 0. The Bertz CT molecular complexity index is 330. The lowest BCUT2D eigenvalue weighted by molar-refractivity contribution is -0.137. The average molecular weight is 334 g/mol. The van der Waals surface area contributed by atoms with Gasteiger partial charge in [0.1, 0.15) is 11.2 Å². The maximum absolute atomic E-state index is 12.1. The normalized spacial score (nSPS) is 11.4. The maximum atomic E-state index is 12.1. The third kappa shape index (κ3) is 12.9. The number of hydrogen-bond acceptors (Lipinski definition) is 6. The number of ether oxygens (including phenoxy) is 2. The molecular formula is C16H34N2O5. The Morgan fingerprint density at radius 1 is 0.913 bits per heavy atom. The standard InChI is InChI=1S/C15H30N2O5.CH4/c1-8-9-16-10-11-20-17(12(18)21-14(2,3)4)13(19)22-15(5,6)7;/h16H,8-11H2,1-7H3;1H4. The summed E-state index contributed by atoms with van der Waals surface area (Å²) in [6.45, 7) is 13.8. The van der Waals surface area contributed by atoms with Gasteiger partial charge in [0.05, 0.1) is 6.61 Å². The lowest BCUT2D eigenvalue weighted by atomic mass is 10.2. The van der Waals surface area contributed by atoms with Gasteiger partial charge in [0.2, 0.25) is 0 Å². The predicted octanol–water partition coefficient (Wildman–Crippen LogP) is 3.73. The first-order valence-electron chi connectivity index (χ1n) is 7.56. The van der Waals surface area contributed by atoms with Gasteiger partial charge in [-0.1, -0.05) is 19.4 Å². The van der Waals surface area contributed by atoms with E-state index < -0.39 is 23.4 Å². The van der Waals surface area contributed by atoms with Gasteiger partial charge in [-0.05, 0) is 54.5 Å². The summed E-state index contributed by atoms with van der Waals surface area (Å²) in [6.07, 6.45) is -0.795. The highest BCUT2D eigenvalue weighted by Crippen LogP contribution is 2.14. The molecule has 0 aromatic heterocycles. The summed E-state index contributed by atoms with van der Waals surface area (Å²) in [4.78, 5) is 29.4. The Labute approximate surface area is 140 Å². The first-order chi connectivity index (χ1) is 9.96. The van der Waals surface area contributed by atoms with Crippen LogP contribution in [0, 0.1) is 0 Å². The van der Waals surface area contributed by atoms with Gasteiger partial charge >= 0.3 is 12.2 Å². The molecule has 0 fully saturated rings. The molecule has 0 atom stereocenters. The number of imide groups is 1. The van der Waals surface area contributed by atoms with E-state index in [4.69, 9.17) is 14.3 Å². The van der Waals surface area contributed by atoms with Crippen LogP contribution in [0.2, 0.25) is 0 Å². The first kappa shape index (κ1) is 23.9. The number of carbonyl (C=O) groups is 2. The predicted molar refractivity (Wildman–Crippen MR) is 90.2 cm³/mol. The second kappa shape index (κ2) is 10.4. The minimum absolute atomic E-state index is 0. The molecule has 0 saturated carbocycles. The van der Waals surface area contributed by atoms with Crippen LogP contribution in [0.3, 0.4) is 0 Å². The minimum atomic E-state index is -0.891. The van der Waals surface area contributed by atoms with Crippen LogP contribution in [0.25, 0.3) is 0 Å². The molecule has 0 aliphatic carbocycles. The van der Waals surface area contributed by atoms with Crippen molar-refractivity contribution in [2.24, 2.45) is 0 Å². The highest BCUT2D eigenvalue weighted by molar-refractivity contribution is 5.86. The zero-order valence-electron chi connectivity index (χ0n) is 14.8. The molecular weight excluding hydrogens is 300 g/mol. The SMILES string of the molecule is C.CCCNCCON(C(=O)OC(C)(C)C)C(=O)OC(C)(C)C. The Morgan fingerprint density at radius 3 is 1.70 bits per heavy atom. The number of hydroxylamine groups is 2. The van der Waals surface area contributed by atoms with Gasteiger partial charge in [-0.25, -0.2) is 9.59 Å². The molecule has 0 aliphatic heterocycles. The fourth-order valence-corrected chi connectivity index (χ4v) is 1.30. The van der Waals surface area contributed by atoms with Crippen LogP contribution in [0.4, 0.5) is 9.59 Å². The van der Waals surface area contributed by atoms with Gasteiger partial charge in [0.25, 0.3) is 0 Å². The van der Waals surface area contributed by atoms with Crippen LogP contribution < -0.4 is 5.32 Å². The Morgan fingerprint density at radius 2 is 1.35 bits per heavy atom. The quantitative estimate of drug-likeness (QED) is 0.589. The summed E-state index contributed by atoms with van der Waals surface area (Å²) in [5.74, 6) is 0. The Kier molecular flexibility index (Phi) is 10.9. The van der Waals surface area contributed by atoms with Gasteiger partial charge in [-0.3, -0.25) is 4.84 Å². The van der Waals surface area contributed by atoms with Crippen molar-refractivity contribution in [3.8, 4) is 0 Å². The van der Waals surface area contributed by atoms with Gasteiger partial charge < -0.3 is 14.8 Å². The first-order valence-corrected chi connectivity index (χ1v) is 7.56. The topological polar surface area (TPSA) is 77.1 Å². The molecule has 0 bridgehead atoms. The van der Waals surface area contributed by atoms with E-state index in [1.807, 2.05) is 6.92 Å².